The van der Waals surface area contributed by atoms with Crippen LogP contribution in [0, 0.1) is 11.8 Å². The van der Waals surface area contributed by atoms with E-state index >= 15 is 0 Å². The highest BCUT2D eigenvalue weighted by Gasteiger charge is 2.42. The van der Waals surface area contributed by atoms with Gasteiger partial charge in [-0.1, -0.05) is 0 Å². The first-order valence-electron chi connectivity index (χ1n) is 8.08. The molecule has 0 saturated heterocycles. The number of anilines is 1. The quantitative estimate of drug-likeness (QED) is 0.897. The Balaban J connectivity index is 1.51. The van der Waals surface area contributed by atoms with E-state index in [9.17, 15) is 9.59 Å². The largest absolute Gasteiger partial charge is 0.349 e. The summed E-state index contributed by atoms with van der Waals surface area (Å²) in [6.07, 6.45) is 5.51. The zero-order chi connectivity index (χ0) is 15.1. The maximum Gasteiger partial charge on any atom is 0.251 e. The molecular weight excluding hydrogens is 296 g/mol. The summed E-state index contributed by atoms with van der Waals surface area (Å²) in [7, 11) is 0. The van der Waals surface area contributed by atoms with Gasteiger partial charge in [0.15, 0.2) is 0 Å². The van der Waals surface area contributed by atoms with Crippen molar-refractivity contribution < 1.29 is 9.59 Å². The molecule has 2 amide bonds. The minimum atomic E-state index is -0.00454. The van der Waals surface area contributed by atoms with Gasteiger partial charge in [-0.2, -0.15) is 0 Å². The summed E-state index contributed by atoms with van der Waals surface area (Å²) >= 11 is 1.66. The van der Waals surface area contributed by atoms with Gasteiger partial charge in [-0.25, -0.2) is 0 Å². The summed E-state index contributed by atoms with van der Waals surface area (Å²) in [6.45, 7) is 0. The minimum absolute atomic E-state index is 0.00454. The monoisotopic (exact) mass is 316 g/mol. The van der Waals surface area contributed by atoms with Gasteiger partial charge in [-0.15, -0.1) is 11.8 Å². The molecule has 1 aromatic rings. The van der Waals surface area contributed by atoms with Gasteiger partial charge in [0, 0.05) is 28.7 Å². The van der Waals surface area contributed by atoms with Crippen molar-refractivity contribution >= 4 is 29.3 Å². The highest BCUT2D eigenvalue weighted by molar-refractivity contribution is 7.99. The van der Waals surface area contributed by atoms with Crippen LogP contribution in [0.2, 0.25) is 0 Å². The van der Waals surface area contributed by atoms with Gasteiger partial charge in [0.05, 0.1) is 5.69 Å². The Labute approximate surface area is 134 Å². The lowest BCUT2D eigenvalue weighted by molar-refractivity contribution is -0.115. The number of carbonyl (C=O) groups is 2. The zero-order valence-corrected chi connectivity index (χ0v) is 13.2. The first-order chi connectivity index (χ1) is 10.7. The summed E-state index contributed by atoms with van der Waals surface area (Å²) in [5, 5.41) is 6.13. The van der Waals surface area contributed by atoms with Gasteiger partial charge in [-0.05, 0) is 55.7 Å². The number of hydrogen-bond donors (Lipinski definition) is 2. The number of nitrogens with one attached hydrogen (secondary N) is 2. The van der Waals surface area contributed by atoms with Crippen LogP contribution >= 0.6 is 11.8 Å². The van der Waals surface area contributed by atoms with Crippen molar-refractivity contribution in [2.24, 2.45) is 11.8 Å². The van der Waals surface area contributed by atoms with Crippen LogP contribution in [0.15, 0.2) is 23.1 Å². The van der Waals surface area contributed by atoms with E-state index < -0.39 is 0 Å². The molecule has 116 valence electrons. The lowest BCUT2D eigenvalue weighted by Crippen LogP contribution is -2.38. The number of hydrogen-bond acceptors (Lipinski definition) is 3. The number of carbonyl (C=O) groups excluding carboxylic acids is 2. The smallest absolute Gasteiger partial charge is 0.251 e. The number of benzene rings is 1. The molecule has 1 aliphatic heterocycles. The molecule has 2 N–H and O–H groups in total. The summed E-state index contributed by atoms with van der Waals surface area (Å²) in [6, 6.07) is 5.99. The van der Waals surface area contributed by atoms with Crippen molar-refractivity contribution in [1.29, 1.82) is 0 Å². The van der Waals surface area contributed by atoms with Crippen LogP contribution in [-0.2, 0) is 4.79 Å². The second-order valence-corrected chi connectivity index (χ2v) is 7.67. The van der Waals surface area contributed by atoms with Crippen molar-refractivity contribution in [3.63, 3.8) is 0 Å². The van der Waals surface area contributed by atoms with Crippen molar-refractivity contribution in [3.8, 4) is 0 Å². The summed E-state index contributed by atoms with van der Waals surface area (Å²) in [5.74, 6) is 2.18. The van der Waals surface area contributed by atoms with Crippen LogP contribution in [0.3, 0.4) is 0 Å². The lowest BCUT2D eigenvalue weighted by atomic mass is 10.1. The molecule has 3 aliphatic rings. The second-order valence-electron chi connectivity index (χ2n) is 6.53. The Morgan fingerprint density at radius 1 is 1.23 bits per heavy atom. The number of amides is 2. The van der Waals surface area contributed by atoms with Gasteiger partial charge in [0.2, 0.25) is 5.91 Å². The Morgan fingerprint density at radius 3 is 2.64 bits per heavy atom. The molecule has 0 unspecified atom stereocenters. The Hall–Kier alpha value is -1.49. The standard InChI is InChI=1S/C17H20N2O2S/c20-15-7-8-22-14-6-5-12(9-13(14)18-15)17(21)19-16(10-1-2-10)11-3-4-11/h5-6,9-11,16H,1-4,7-8H2,(H,18,20)(H,19,21). The predicted octanol–water partition coefficient (Wildman–Crippen LogP) is 3.04. The molecule has 0 radical (unpaired) electrons. The Bertz CT molecular complexity index is 611. The third-order valence-electron chi connectivity index (χ3n) is 4.66. The fourth-order valence-electron chi connectivity index (χ4n) is 3.13. The van der Waals surface area contributed by atoms with Crippen LogP contribution in [0.5, 0.6) is 0 Å². The van der Waals surface area contributed by atoms with Crippen molar-refractivity contribution in [3.05, 3.63) is 23.8 Å². The SMILES string of the molecule is O=C1CCSc2ccc(C(=O)NC(C3CC3)C3CC3)cc2N1. The van der Waals surface area contributed by atoms with E-state index in [2.05, 4.69) is 10.6 Å². The molecule has 2 aliphatic carbocycles. The average molecular weight is 316 g/mol. The molecule has 0 atom stereocenters. The van der Waals surface area contributed by atoms with Crippen LogP contribution < -0.4 is 10.6 Å². The molecule has 4 nitrogen and oxygen atoms in total. The van der Waals surface area contributed by atoms with Gasteiger partial charge >= 0.3 is 0 Å². The maximum atomic E-state index is 12.5. The third-order valence-corrected chi connectivity index (χ3v) is 5.74. The molecule has 2 fully saturated rings. The molecule has 4 rings (SSSR count). The molecular formula is C17H20N2O2S. The Morgan fingerprint density at radius 2 is 1.95 bits per heavy atom. The third kappa shape index (κ3) is 3.00. The molecule has 0 aromatic heterocycles. The highest BCUT2D eigenvalue weighted by Crippen LogP contribution is 2.44. The summed E-state index contributed by atoms with van der Waals surface area (Å²) < 4.78 is 0. The first kappa shape index (κ1) is 14.1. The lowest BCUT2D eigenvalue weighted by Gasteiger charge is -2.18. The normalized spacial score (nSPS) is 21.0. The molecule has 5 heteroatoms. The van der Waals surface area contributed by atoms with Crippen molar-refractivity contribution in [2.45, 2.75) is 43.0 Å². The summed E-state index contributed by atoms with van der Waals surface area (Å²) in [4.78, 5) is 25.3. The van der Waals surface area contributed by atoms with Gasteiger partial charge in [-0.3, -0.25) is 9.59 Å². The molecule has 1 aromatic carbocycles. The van der Waals surface area contributed by atoms with Crippen LogP contribution in [0.1, 0.15) is 42.5 Å². The summed E-state index contributed by atoms with van der Waals surface area (Å²) in [5.41, 5.74) is 1.42. The molecule has 22 heavy (non-hydrogen) atoms. The maximum absolute atomic E-state index is 12.5. The van der Waals surface area contributed by atoms with Crippen LogP contribution in [0.25, 0.3) is 0 Å². The highest BCUT2D eigenvalue weighted by atomic mass is 32.2. The van der Waals surface area contributed by atoms with E-state index in [0.29, 0.717) is 29.9 Å². The van der Waals surface area contributed by atoms with E-state index in [1.165, 1.54) is 25.7 Å². The van der Waals surface area contributed by atoms with Crippen LogP contribution in [0.4, 0.5) is 5.69 Å². The van der Waals surface area contributed by atoms with E-state index in [0.717, 1.165) is 16.3 Å². The topological polar surface area (TPSA) is 58.2 Å². The zero-order valence-electron chi connectivity index (χ0n) is 12.4. The Kier molecular flexibility index (Phi) is 3.60. The molecule has 0 bridgehead atoms. The van der Waals surface area contributed by atoms with E-state index in [4.69, 9.17) is 0 Å². The molecule has 1 heterocycles. The predicted molar refractivity (Wildman–Crippen MR) is 87.1 cm³/mol. The fourth-order valence-corrected chi connectivity index (χ4v) is 4.06. The van der Waals surface area contributed by atoms with Crippen molar-refractivity contribution in [2.75, 3.05) is 11.1 Å². The molecule has 2 saturated carbocycles. The van der Waals surface area contributed by atoms with E-state index in [1.54, 1.807) is 11.8 Å². The van der Waals surface area contributed by atoms with Gasteiger partial charge in [0.1, 0.15) is 0 Å². The van der Waals surface area contributed by atoms with E-state index in [-0.39, 0.29) is 11.8 Å². The minimum Gasteiger partial charge on any atom is -0.349 e. The van der Waals surface area contributed by atoms with Gasteiger partial charge in [0.25, 0.3) is 5.91 Å². The average Bonchev–Trinajstić information content (AvgIpc) is 3.39. The fraction of sp³-hybridized carbons (Fsp3) is 0.529. The van der Waals surface area contributed by atoms with Crippen LogP contribution in [-0.4, -0.2) is 23.6 Å². The van der Waals surface area contributed by atoms with Gasteiger partial charge < -0.3 is 10.6 Å². The second kappa shape index (κ2) is 5.61. The number of thioether (sulfide) groups is 1. The first-order valence-corrected chi connectivity index (χ1v) is 9.07. The van der Waals surface area contributed by atoms with E-state index in [1.807, 2.05) is 18.2 Å². The number of fused-ring (bicyclic) bond motifs is 1. The molecule has 0 spiro atoms. The van der Waals surface area contributed by atoms with Crippen molar-refractivity contribution in [1.82, 2.24) is 5.32 Å². The number of rotatable bonds is 4.